The van der Waals surface area contributed by atoms with Crippen molar-refractivity contribution in [1.29, 1.82) is 0 Å². The van der Waals surface area contributed by atoms with E-state index in [9.17, 15) is 14.4 Å². The number of benzene rings is 1. The Hall–Kier alpha value is -2.06. The number of nitrogens with one attached hydrogen (secondary N) is 3. The van der Waals surface area contributed by atoms with E-state index in [0.29, 0.717) is 30.1 Å². The van der Waals surface area contributed by atoms with Crippen LogP contribution in [0, 0.1) is 0 Å². The summed E-state index contributed by atoms with van der Waals surface area (Å²) in [5, 5.41) is 7.65. The summed E-state index contributed by atoms with van der Waals surface area (Å²) in [6, 6.07) is 6.10. The summed E-state index contributed by atoms with van der Waals surface area (Å²) in [7, 11) is 0. The number of nitrogens with two attached hydrogens (primary N) is 1. The van der Waals surface area contributed by atoms with Crippen LogP contribution in [0.3, 0.4) is 0 Å². The van der Waals surface area contributed by atoms with Crippen LogP contribution in [0.15, 0.2) is 24.3 Å². The quantitative estimate of drug-likeness (QED) is 0.618. The first-order valence-electron chi connectivity index (χ1n) is 6.43. The number of anilines is 1. The lowest BCUT2D eigenvalue weighted by Gasteiger charge is -2.13. The Kier molecular flexibility index (Phi) is 5.18. The van der Waals surface area contributed by atoms with Crippen LogP contribution in [0.4, 0.5) is 10.5 Å². The Morgan fingerprint density at radius 3 is 2.81 bits per heavy atom. The maximum Gasteiger partial charge on any atom is 0.279 e. The van der Waals surface area contributed by atoms with Gasteiger partial charge in [-0.15, -0.1) is 0 Å². The van der Waals surface area contributed by atoms with Crippen molar-refractivity contribution in [1.82, 2.24) is 10.6 Å². The monoisotopic (exact) mass is 308 g/mol. The largest absolute Gasteiger partial charge is 0.351 e. The molecule has 7 nitrogen and oxygen atoms in total. The van der Waals surface area contributed by atoms with Crippen LogP contribution in [0.1, 0.15) is 10.4 Å². The molecule has 21 heavy (non-hydrogen) atoms. The van der Waals surface area contributed by atoms with Gasteiger partial charge in [0.05, 0.1) is 11.3 Å². The number of para-hydroxylation sites is 1. The number of amides is 3. The summed E-state index contributed by atoms with van der Waals surface area (Å²) in [4.78, 5) is 35.1. The van der Waals surface area contributed by atoms with Gasteiger partial charge < -0.3 is 21.7 Å². The summed E-state index contributed by atoms with van der Waals surface area (Å²) in [6.07, 6.45) is 0. The molecule has 0 aromatic heterocycles. The van der Waals surface area contributed by atoms with Crippen molar-refractivity contribution in [2.45, 2.75) is 6.04 Å². The van der Waals surface area contributed by atoms with E-state index in [1.165, 1.54) is 0 Å². The molecule has 0 saturated carbocycles. The zero-order valence-corrected chi connectivity index (χ0v) is 12.0. The third-order valence-electron chi connectivity index (χ3n) is 2.85. The van der Waals surface area contributed by atoms with Crippen LogP contribution in [0.25, 0.3) is 0 Å². The van der Waals surface area contributed by atoms with Crippen LogP contribution in [0.5, 0.6) is 0 Å². The standard InChI is InChI=1S/C13H16N4O3S/c14-5-6-15-11(18)8-3-1-2-4-9(8)16-12(19)10-7-21-13(20)17-10/h1-4,10H,5-7,14H2,(H,15,18)(H,16,19)(H,17,20)/t10-/m0/s1. The molecule has 0 aliphatic carbocycles. The lowest BCUT2D eigenvalue weighted by atomic mass is 10.1. The first-order chi connectivity index (χ1) is 10.1. The molecule has 5 N–H and O–H groups in total. The molecule has 1 fully saturated rings. The smallest absolute Gasteiger partial charge is 0.279 e. The molecule has 2 rings (SSSR count). The summed E-state index contributed by atoms with van der Waals surface area (Å²) in [5.41, 5.74) is 6.11. The zero-order chi connectivity index (χ0) is 15.2. The highest BCUT2D eigenvalue weighted by Gasteiger charge is 2.28. The highest BCUT2D eigenvalue weighted by Crippen LogP contribution is 2.18. The number of hydrogen-bond acceptors (Lipinski definition) is 5. The number of rotatable bonds is 5. The van der Waals surface area contributed by atoms with Crippen molar-refractivity contribution in [3.8, 4) is 0 Å². The third kappa shape index (κ3) is 3.96. The van der Waals surface area contributed by atoms with Gasteiger partial charge in [0, 0.05) is 18.8 Å². The van der Waals surface area contributed by atoms with E-state index in [0.717, 1.165) is 11.8 Å². The van der Waals surface area contributed by atoms with Gasteiger partial charge in [-0.25, -0.2) is 0 Å². The van der Waals surface area contributed by atoms with E-state index in [-0.39, 0.29) is 17.1 Å². The van der Waals surface area contributed by atoms with E-state index in [1.807, 2.05) is 0 Å². The van der Waals surface area contributed by atoms with E-state index in [1.54, 1.807) is 24.3 Å². The summed E-state index contributed by atoms with van der Waals surface area (Å²) in [5.74, 6) is -0.264. The first kappa shape index (κ1) is 15.3. The third-order valence-corrected chi connectivity index (χ3v) is 3.73. The van der Waals surface area contributed by atoms with Gasteiger partial charge in [0.25, 0.3) is 11.1 Å². The molecular formula is C13H16N4O3S. The number of thioether (sulfide) groups is 1. The minimum absolute atomic E-state index is 0.218. The second-order valence-corrected chi connectivity index (χ2v) is 5.37. The molecular weight excluding hydrogens is 292 g/mol. The normalized spacial score (nSPS) is 17.2. The molecule has 0 unspecified atom stereocenters. The average molecular weight is 308 g/mol. The van der Waals surface area contributed by atoms with Gasteiger partial charge in [-0.05, 0) is 12.1 Å². The molecule has 112 valence electrons. The average Bonchev–Trinajstić information content (AvgIpc) is 2.92. The Labute approximate surface area is 126 Å². The number of carbonyl (C=O) groups excluding carboxylic acids is 3. The van der Waals surface area contributed by atoms with E-state index in [2.05, 4.69) is 16.0 Å². The van der Waals surface area contributed by atoms with Crippen LogP contribution in [0.2, 0.25) is 0 Å². The van der Waals surface area contributed by atoms with Crippen molar-refractivity contribution in [2.24, 2.45) is 5.73 Å². The van der Waals surface area contributed by atoms with Crippen molar-refractivity contribution in [2.75, 3.05) is 24.2 Å². The first-order valence-corrected chi connectivity index (χ1v) is 7.42. The SMILES string of the molecule is NCCNC(=O)c1ccccc1NC(=O)[C@@H]1CSC(=O)N1. The topological polar surface area (TPSA) is 113 Å². The molecule has 1 atom stereocenters. The van der Waals surface area contributed by atoms with Gasteiger partial charge in [0.2, 0.25) is 5.91 Å². The summed E-state index contributed by atoms with van der Waals surface area (Å²) < 4.78 is 0. The zero-order valence-electron chi connectivity index (χ0n) is 11.2. The maximum atomic E-state index is 12.1. The van der Waals surface area contributed by atoms with Crippen molar-refractivity contribution in [3.05, 3.63) is 29.8 Å². The van der Waals surface area contributed by atoms with Crippen LogP contribution in [-0.4, -0.2) is 41.9 Å². The molecule has 1 aromatic carbocycles. The lowest BCUT2D eigenvalue weighted by Crippen LogP contribution is -2.39. The molecule has 1 aliphatic rings. The van der Waals surface area contributed by atoms with Crippen LogP contribution in [-0.2, 0) is 4.79 Å². The van der Waals surface area contributed by atoms with Crippen molar-refractivity contribution in [3.63, 3.8) is 0 Å². The fourth-order valence-electron chi connectivity index (χ4n) is 1.82. The molecule has 1 aliphatic heterocycles. The van der Waals surface area contributed by atoms with Gasteiger partial charge in [0.1, 0.15) is 6.04 Å². The minimum atomic E-state index is -0.581. The van der Waals surface area contributed by atoms with Gasteiger partial charge in [-0.2, -0.15) is 0 Å². The van der Waals surface area contributed by atoms with Gasteiger partial charge in [-0.3, -0.25) is 14.4 Å². The molecule has 1 aromatic rings. The molecule has 8 heteroatoms. The Morgan fingerprint density at radius 2 is 2.14 bits per heavy atom. The number of carbonyl (C=O) groups is 3. The fraction of sp³-hybridized carbons (Fsp3) is 0.308. The second kappa shape index (κ2) is 7.09. The van der Waals surface area contributed by atoms with E-state index >= 15 is 0 Å². The molecule has 1 saturated heterocycles. The summed E-state index contributed by atoms with van der Waals surface area (Å²) in [6.45, 7) is 0.696. The highest BCUT2D eigenvalue weighted by atomic mass is 32.2. The fourth-order valence-corrected chi connectivity index (χ4v) is 2.60. The van der Waals surface area contributed by atoms with Gasteiger partial charge in [0.15, 0.2) is 0 Å². The Balaban J connectivity index is 2.07. The highest BCUT2D eigenvalue weighted by molar-refractivity contribution is 8.14. The molecule has 0 bridgehead atoms. The van der Waals surface area contributed by atoms with E-state index in [4.69, 9.17) is 5.73 Å². The predicted molar refractivity (Wildman–Crippen MR) is 81.2 cm³/mol. The minimum Gasteiger partial charge on any atom is -0.351 e. The van der Waals surface area contributed by atoms with E-state index < -0.39 is 6.04 Å². The Morgan fingerprint density at radius 1 is 1.38 bits per heavy atom. The number of hydrogen-bond donors (Lipinski definition) is 4. The molecule has 3 amide bonds. The molecule has 1 heterocycles. The van der Waals surface area contributed by atoms with Crippen LogP contribution < -0.4 is 21.7 Å². The lowest BCUT2D eigenvalue weighted by molar-refractivity contribution is -0.117. The molecule has 0 spiro atoms. The predicted octanol–water partition coefficient (Wildman–Crippen LogP) is 0.139. The van der Waals surface area contributed by atoms with Crippen molar-refractivity contribution < 1.29 is 14.4 Å². The summed E-state index contributed by atoms with van der Waals surface area (Å²) >= 11 is 1.06. The maximum absolute atomic E-state index is 12.1. The van der Waals surface area contributed by atoms with Crippen LogP contribution >= 0.6 is 11.8 Å². The Bertz CT molecular complexity index is 564. The van der Waals surface area contributed by atoms with Gasteiger partial charge in [-0.1, -0.05) is 23.9 Å². The van der Waals surface area contributed by atoms with Gasteiger partial charge >= 0.3 is 0 Å². The molecule has 0 radical (unpaired) electrons. The van der Waals surface area contributed by atoms with Crippen molar-refractivity contribution >= 4 is 34.5 Å². The second-order valence-electron chi connectivity index (χ2n) is 4.37.